The molecule has 0 aliphatic heterocycles. The number of carbonyl (C=O) groups excluding carboxylic acids is 2. The molecule has 0 saturated heterocycles. The number of hydrogen-bond donors (Lipinski definition) is 1. The molecule has 0 fully saturated rings. The predicted octanol–water partition coefficient (Wildman–Crippen LogP) is 4.85. The third kappa shape index (κ3) is 7.10. The van der Waals surface area contributed by atoms with Crippen LogP contribution < -0.4 is 14.8 Å². The smallest absolute Gasteiger partial charge is 0.484 e. The SMILES string of the molecule is CC(=O)c1ccc(OCC(=O)Nc2ncc(Cc3ccc(OC(F)(F)F)cc3)s2)cc1. The van der Waals surface area contributed by atoms with E-state index < -0.39 is 12.3 Å². The normalized spacial score (nSPS) is 11.1. The molecule has 0 atom stereocenters. The first-order chi connectivity index (χ1) is 14.7. The topological polar surface area (TPSA) is 77.5 Å². The number of Topliss-reactive ketones (excluding diaryl/α,β-unsaturated/α-hetero) is 1. The second-order valence-corrected chi connectivity index (χ2v) is 7.53. The highest BCUT2D eigenvalue weighted by molar-refractivity contribution is 7.15. The lowest BCUT2D eigenvalue weighted by molar-refractivity contribution is -0.274. The van der Waals surface area contributed by atoms with E-state index in [1.807, 2.05) is 0 Å². The Bertz CT molecular complexity index is 1050. The molecule has 2 aromatic carbocycles. The van der Waals surface area contributed by atoms with Gasteiger partial charge in [-0.05, 0) is 48.9 Å². The number of ether oxygens (including phenoxy) is 2. The van der Waals surface area contributed by atoms with E-state index in [1.54, 1.807) is 30.5 Å². The zero-order chi connectivity index (χ0) is 22.4. The molecule has 0 spiro atoms. The minimum absolute atomic E-state index is 0.0607. The van der Waals surface area contributed by atoms with Crippen molar-refractivity contribution in [2.24, 2.45) is 0 Å². The van der Waals surface area contributed by atoms with Gasteiger partial charge in [0, 0.05) is 23.1 Å². The summed E-state index contributed by atoms with van der Waals surface area (Å²) >= 11 is 1.25. The summed E-state index contributed by atoms with van der Waals surface area (Å²) < 4.78 is 45.8. The van der Waals surface area contributed by atoms with E-state index in [-0.39, 0.29) is 18.1 Å². The molecule has 10 heteroatoms. The number of ketones is 1. The van der Waals surface area contributed by atoms with Gasteiger partial charge < -0.3 is 9.47 Å². The highest BCUT2D eigenvalue weighted by Gasteiger charge is 2.30. The summed E-state index contributed by atoms with van der Waals surface area (Å²) in [5, 5.41) is 3.01. The molecular formula is C21H17F3N2O4S. The highest BCUT2D eigenvalue weighted by atomic mass is 32.1. The first-order valence-corrected chi connectivity index (χ1v) is 9.82. The van der Waals surface area contributed by atoms with E-state index in [0.717, 1.165) is 10.4 Å². The zero-order valence-corrected chi connectivity index (χ0v) is 17.0. The Morgan fingerprint density at radius 1 is 1.03 bits per heavy atom. The summed E-state index contributed by atoms with van der Waals surface area (Å²) in [4.78, 5) is 28.2. The molecular weight excluding hydrogens is 433 g/mol. The predicted molar refractivity (Wildman–Crippen MR) is 109 cm³/mol. The second kappa shape index (κ2) is 9.61. The maximum atomic E-state index is 12.2. The number of amides is 1. The quantitative estimate of drug-likeness (QED) is 0.497. The number of aromatic nitrogens is 1. The Morgan fingerprint density at radius 2 is 1.68 bits per heavy atom. The van der Waals surface area contributed by atoms with E-state index >= 15 is 0 Å². The van der Waals surface area contributed by atoms with Gasteiger partial charge in [0.1, 0.15) is 11.5 Å². The van der Waals surface area contributed by atoms with Crippen LogP contribution in [0.5, 0.6) is 11.5 Å². The third-order valence-electron chi connectivity index (χ3n) is 3.97. The van der Waals surface area contributed by atoms with E-state index in [1.165, 1.54) is 42.5 Å². The molecule has 0 aliphatic rings. The summed E-state index contributed by atoms with van der Waals surface area (Å²) in [6.07, 6.45) is -2.70. The molecule has 0 unspecified atom stereocenters. The average Bonchev–Trinajstić information content (AvgIpc) is 3.14. The van der Waals surface area contributed by atoms with Gasteiger partial charge in [-0.1, -0.05) is 12.1 Å². The first kappa shape index (κ1) is 22.3. The number of halogens is 3. The summed E-state index contributed by atoms with van der Waals surface area (Å²) in [6.45, 7) is 1.23. The Balaban J connectivity index is 1.49. The van der Waals surface area contributed by atoms with Gasteiger partial charge in [0.15, 0.2) is 17.5 Å². The van der Waals surface area contributed by atoms with Crippen molar-refractivity contribution in [2.45, 2.75) is 19.7 Å². The monoisotopic (exact) mass is 450 g/mol. The first-order valence-electron chi connectivity index (χ1n) is 9.01. The molecule has 0 bridgehead atoms. The van der Waals surface area contributed by atoms with Crippen molar-refractivity contribution in [1.82, 2.24) is 4.98 Å². The Labute approximate surface area is 179 Å². The van der Waals surface area contributed by atoms with Gasteiger partial charge in [-0.3, -0.25) is 14.9 Å². The molecule has 1 heterocycles. The minimum Gasteiger partial charge on any atom is -0.484 e. The van der Waals surface area contributed by atoms with Gasteiger partial charge in [0.05, 0.1) is 0 Å². The fourth-order valence-electron chi connectivity index (χ4n) is 2.55. The Hall–Kier alpha value is -3.40. The van der Waals surface area contributed by atoms with Gasteiger partial charge >= 0.3 is 6.36 Å². The van der Waals surface area contributed by atoms with Gasteiger partial charge in [-0.15, -0.1) is 24.5 Å². The van der Waals surface area contributed by atoms with Crippen LogP contribution in [0.4, 0.5) is 18.3 Å². The lowest BCUT2D eigenvalue weighted by Crippen LogP contribution is -2.20. The number of thiazole rings is 1. The van der Waals surface area contributed by atoms with Crippen molar-refractivity contribution in [1.29, 1.82) is 0 Å². The van der Waals surface area contributed by atoms with Crippen LogP contribution in [0.1, 0.15) is 27.7 Å². The molecule has 3 rings (SSSR count). The van der Waals surface area contributed by atoms with E-state index in [0.29, 0.717) is 22.9 Å². The number of nitrogens with one attached hydrogen (secondary N) is 1. The van der Waals surface area contributed by atoms with Crippen molar-refractivity contribution in [3.63, 3.8) is 0 Å². The lowest BCUT2D eigenvalue weighted by atomic mass is 10.1. The molecule has 0 aliphatic carbocycles. The van der Waals surface area contributed by atoms with Crippen LogP contribution in [0.25, 0.3) is 0 Å². The molecule has 162 valence electrons. The zero-order valence-electron chi connectivity index (χ0n) is 16.2. The van der Waals surface area contributed by atoms with Crippen molar-refractivity contribution >= 4 is 28.2 Å². The van der Waals surface area contributed by atoms with Crippen LogP contribution in [-0.4, -0.2) is 29.6 Å². The maximum absolute atomic E-state index is 12.2. The molecule has 1 amide bonds. The van der Waals surface area contributed by atoms with Crippen LogP contribution in [0.15, 0.2) is 54.7 Å². The van der Waals surface area contributed by atoms with Crippen LogP contribution in [0.2, 0.25) is 0 Å². The molecule has 31 heavy (non-hydrogen) atoms. The summed E-state index contributed by atoms with van der Waals surface area (Å²) in [5.74, 6) is -0.290. The maximum Gasteiger partial charge on any atom is 0.573 e. The highest BCUT2D eigenvalue weighted by Crippen LogP contribution is 2.25. The minimum atomic E-state index is -4.73. The largest absolute Gasteiger partial charge is 0.573 e. The van der Waals surface area contributed by atoms with Crippen molar-refractivity contribution in [3.8, 4) is 11.5 Å². The number of rotatable bonds is 8. The van der Waals surface area contributed by atoms with E-state index in [2.05, 4.69) is 15.0 Å². The standard InChI is InChI=1S/C21H17F3N2O4S/c1-13(27)15-4-8-16(9-5-15)29-12-19(28)26-20-25-11-18(31-20)10-14-2-6-17(7-3-14)30-21(22,23)24/h2-9,11H,10,12H2,1H3,(H,25,26,28). The number of anilines is 1. The fraction of sp³-hybridized carbons (Fsp3) is 0.190. The number of hydrogen-bond acceptors (Lipinski definition) is 6. The Morgan fingerprint density at radius 3 is 2.29 bits per heavy atom. The van der Waals surface area contributed by atoms with Gasteiger partial charge in [0.25, 0.3) is 5.91 Å². The van der Waals surface area contributed by atoms with Crippen molar-refractivity contribution < 1.29 is 32.2 Å². The van der Waals surface area contributed by atoms with Gasteiger partial charge in [-0.2, -0.15) is 0 Å². The van der Waals surface area contributed by atoms with E-state index in [9.17, 15) is 22.8 Å². The van der Waals surface area contributed by atoms with E-state index in [4.69, 9.17) is 4.74 Å². The van der Waals surface area contributed by atoms with Crippen LogP contribution in [-0.2, 0) is 11.2 Å². The molecule has 0 radical (unpaired) electrons. The number of carbonyl (C=O) groups is 2. The van der Waals surface area contributed by atoms with Crippen LogP contribution in [0, 0.1) is 0 Å². The summed E-state index contributed by atoms with van der Waals surface area (Å²) in [6, 6.07) is 12.0. The summed E-state index contributed by atoms with van der Waals surface area (Å²) in [5.41, 5.74) is 1.32. The van der Waals surface area contributed by atoms with Crippen LogP contribution in [0.3, 0.4) is 0 Å². The molecule has 1 N–H and O–H groups in total. The Kier molecular flexibility index (Phi) is 6.91. The number of benzene rings is 2. The molecule has 1 aromatic heterocycles. The van der Waals surface area contributed by atoms with Gasteiger partial charge in [0.2, 0.25) is 0 Å². The number of nitrogens with zero attached hydrogens (tertiary/aromatic N) is 1. The molecule has 3 aromatic rings. The van der Waals surface area contributed by atoms with Crippen molar-refractivity contribution in [2.75, 3.05) is 11.9 Å². The average molecular weight is 450 g/mol. The second-order valence-electron chi connectivity index (χ2n) is 6.42. The van der Waals surface area contributed by atoms with Crippen LogP contribution >= 0.6 is 11.3 Å². The number of alkyl halides is 3. The molecule has 6 nitrogen and oxygen atoms in total. The lowest BCUT2D eigenvalue weighted by Gasteiger charge is -2.08. The van der Waals surface area contributed by atoms with Gasteiger partial charge in [-0.25, -0.2) is 4.98 Å². The third-order valence-corrected chi connectivity index (χ3v) is 4.88. The molecule has 0 saturated carbocycles. The summed E-state index contributed by atoms with van der Waals surface area (Å²) in [7, 11) is 0. The fourth-order valence-corrected chi connectivity index (χ4v) is 3.41. The van der Waals surface area contributed by atoms with Crippen molar-refractivity contribution in [3.05, 3.63) is 70.7 Å².